The molecule has 0 aliphatic heterocycles. The van der Waals surface area contributed by atoms with Crippen molar-refractivity contribution in [2.45, 2.75) is 58.3 Å². The molecule has 0 heteroatoms. The third kappa shape index (κ3) is 9.66. The lowest BCUT2D eigenvalue weighted by atomic mass is 9.97. The van der Waals surface area contributed by atoms with Gasteiger partial charge in [-0.1, -0.05) is 58.4 Å². The largest absolute Gasteiger partial charge is 0.103 e. The Hall–Kier alpha value is -0.260. The van der Waals surface area contributed by atoms with Gasteiger partial charge in [0.15, 0.2) is 0 Å². The third-order valence-electron chi connectivity index (χ3n) is 2.55. The van der Waals surface area contributed by atoms with E-state index in [2.05, 4.69) is 20.4 Å². The van der Waals surface area contributed by atoms with Gasteiger partial charge in [0.1, 0.15) is 0 Å². The molecule has 1 radical (unpaired) electrons. The van der Waals surface area contributed by atoms with E-state index in [0.29, 0.717) is 0 Å². The first-order valence-electron chi connectivity index (χ1n) is 5.71. The van der Waals surface area contributed by atoms with Gasteiger partial charge in [-0.3, -0.25) is 0 Å². The molecule has 0 N–H and O–H groups in total. The van der Waals surface area contributed by atoms with Crippen molar-refractivity contribution >= 4 is 0 Å². The first-order chi connectivity index (χ1) is 6.31. The van der Waals surface area contributed by atoms with Gasteiger partial charge in [-0.05, 0) is 18.8 Å². The predicted molar refractivity (Wildman–Crippen MR) is 61.7 cm³/mol. The van der Waals surface area contributed by atoms with Crippen LogP contribution >= 0.6 is 0 Å². The van der Waals surface area contributed by atoms with E-state index in [0.717, 1.165) is 12.3 Å². The maximum atomic E-state index is 3.86. The predicted octanol–water partition coefficient (Wildman–Crippen LogP) is 4.76. The maximum absolute atomic E-state index is 3.86. The molecule has 0 nitrogen and oxygen atoms in total. The summed E-state index contributed by atoms with van der Waals surface area (Å²) < 4.78 is 0. The van der Waals surface area contributed by atoms with Crippen LogP contribution in [-0.2, 0) is 0 Å². The van der Waals surface area contributed by atoms with Crippen LogP contribution in [-0.4, -0.2) is 0 Å². The molecular formula is C13H25. The number of unbranched alkanes of at least 4 members (excludes halogenated alkanes) is 4. The van der Waals surface area contributed by atoms with Crippen LogP contribution in [0.2, 0.25) is 0 Å². The summed E-state index contributed by atoms with van der Waals surface area (Å²) in [6.07, 6.45) is 12.5. The van der Waals surface area contributed by atoms with Gasteiger partial charge >= 0.3 is 0 Å². The molecule has 0 bridgehead atoms. The molecule has 0 aromatic heterocycles. The molecule has 0 saturated heterocycles. The highest BCUT2D eigenvalue weighted by Gasteiger charge is 2.00. The Balaban J connectivity index is 3.09. The summed E-state index contributed by atoms with van der Waals surface area (Å²) in [5, 5.41) is 0. The van der Waals surface area contributed by atoms with Crippen LogP contribution in [0.15, 0.2) is 12.7 Å². The summed E-state index contributed by atoms with van der Waals surface area (Å²) in [7, 11) is 0. The van der Waals surface area contributed by atoms with Crippen LogP contribution in [0.5, 0.6) is 0 Å². The molecule has 0 fully saturated rings. The SMILES string of the molecule is [CH2]CCCCC(C)CCCCC=C. The van der Waals surface area contributed by atoms with Crippen molar-refractivity contribution < 1.29 is 0 Å². The zero-order valence-corrected chi connectivity index (χ0v) is 9.23. The van der Waals surface area contributed by atoms with E-state index in [-0.39, 0.29) is 0 Å². The van der Waals surface area contributed by atoms with E-state index in [9.17, 15) is 0 Å². The van der Waals surface area contributed by atoms with Gasteiger partial charge in [-0.2, -0.15) is 0 Å². The maximum Gasteiger partial charge on any atom is -0.0353 e. The summed E-state index contributed by atoms with van der Waals surface area (Å²) in [4.78, 5) is 0. The van der Waals surface area contributed by atoms with E-state index in [4.69, 9.17) is 0 Å². The minimum Gasteiger partial charge on any atom is -0.103 e. The summed E-state index contributed by atoms with van der Waals surface area (Å²) in [5.41, 5.74) is 0. The summed E-state index contributed by atoms with van der Waals surface area (Å²) in [6, 6.07) is 0. The molecule has 0 rings (SSSR count). The first-order valence-corrected chi connectivity index (χ1v) is 5.71. The molecule has 0 aromatic rings. The number of rotatable bonds is 9. The molecule has 13 heavy (non-hydrogen) atoms. The lowest BCUT2D eigenvalue weighted by Crippen LogP contribution is -1.94. The van der Waals surface area contributed by atoms with E-state index < -0.39 is 0 Å². The van der Waals surface area contributed by atoms with Crippen LogP contribution in [0.4, 0.5) is 0 Å². The topological polar surface area (TPSA) is 0 Å². The number of hydrogen-bond acceptors (Lipinski definition) is 0. The third-order valence-corrected chi connectivity index (χ3v) is 2.55. The second-order valence-corrected chi connectivity index (χ2v) is 4.03. The molecule has 0 aliphatic rings. The number of hydrogen-bond donors (Lipinski definition) is 0. The Labute approximate surface area is 84.4 Å². The lowest BCUT2D eigenvalue weighted by molar-refractivity contribution is 0.446. The molecule has 0 saturated carbocycles. The fourth-order valence-electron chi connectivity index (χ4n) is 1.60. The Morgan fingerprint density at radius 2 is 1.69 bits per heavy atom. The summed E-state index contributed by atoms with van der Waals surface area (Å²) in [6.45, 7) is 9.96. The van der Waals surface area contributed by atoms with E-state index in [1.54, 1.807) is 0 Å². The first kappa shape index (κ1) is 12.7. The zero-order chi connectivity index (χ0) is 9.94. The van der Waals surface area contributed by atoms with Gasteiger partial charge in [0, 0.05) is 0 Å². The fraction of sp³-hybridized carbons (Fsp3) is 0.769. The zero-order valence-electron chi connectivity index (χ0n) is 9.23. The molecule has 77 valence electrons. The Morgan fingerprint density at radius 1 is 1.08 bits per heavy atom. The Bertz CT molecular complexity index is 105. The molecule has 0 aliphatic carbocycles. The minimum absolute atomic E-state index is 0.913. The van der Waals surface area contributed by atoms with E-state index in [1.165, 1.54) is 44.9 Å². The average Bonchev–Trinajstić information content (AvgIpc) is 2.13. The minimum atomic E-state index is 0.913. The fourth-order valence-corrected chi connectivity index (χ4v) is 1.60. The molecule has 1 unspecified atom stereocenters. The van der Waals surface area contributed by atoms with Crippen molar-refractivity contribution in [3.8, 4) is 0 Å². The second-order valence-electron chi connectivity index (χ2n) is 4.03. The van der Waals surface area contributed by atoms with Gasteiger partial charge in [0.25, 0.3) is 0 Å². The highest BCUT2D eigenvalue weighted by Crippen LogP contribution is 2.16. The van der Waals surface area contributed by atoms with E-state index >= 15 is 0 Å². The smallest absolute Gasteiger partial charge is 0.0353 e. The van der Waals surface area contributed by atoms with E-state index in [1.807, 2.05) is 6.08 Å². The van der Waals surface area contributed by atoms with Crippen molar-refractivity contribution in [3.63, 3.8) is 0 Å². The quantitative estimate of drug-likeness (QED) is 0.355. The highest BCUT2D eigenvalue weighted by molar-refractivity contribution is 4.66. The average molecular weight is 181 g/mol. The van der Waals surface area contributed by atoms with Crippen molar-refractivity contribution in [2.75, 3.05) is 0 Å². The number of allylic oxidation sites excluding steroid dienone is 1. The van der Waals surface area contributed by atoms with Crippen molar-refractivity contribution in [2.24, 2.45) is 5.92 Å². The van der Waals surface area contributed by atoms with Gasteiger partial charge in [-0.15, -0.1) is 6.58 Å². The molecule has 0 aromatic carbocycles. The molecule has 0 heterocycles. The Morgan fingerprint density at radius 3 is 2.23 bits per heavy atom. The molecule has 1 atom stereocenters. The van der Waals surface area contributed by atoms with Crippen molar-refractivity contribution in [1.29, 1.82) is 0 Å². The van der Waals surface area contributed by atoms with Gasteiger partial charge in [0.2, 0.25) is 0 Å². The van der Waals surface area contributed by atoms with Crippen LogP contribution < -0.4 is 0 Å². The lowest BCUT2D eigenvalue weighted by Gasteiger charge is -2.09. The van der Waals surface area contributed by atoms with Crippen LogP contribution in [0.25, 0.3) is 0 Å². The van der Waals surface area contributed by atoms with Gasteiger partial charge in [-0.25, -0.2) is 0 Å². The van der Waals surface area contributed by atoms with Gasteiger partial charge in [0.05, 0.1) is 0 Å². The van der Waals surface area contributed by atoms with Crippen molar-refractivity contribution in [3.05, 3.63) is 19.6 Å². The normalized spacial score (nSPS) is 12.8. The van der Waals surface area contributed by atoms with Gasteiger partial charge < -0.3 is 0 Å². The molecule has 0 spiro atoms. The second kappa shape index (κ2) is 9.83. The van der Waals surface area contributed by atoms with Crippen LogP contribution in [0.3, 0.4) is 0 Å². The van der Waals surface area contributed by atoms with Crippen molar-refractivity contribution in [1.82, 2.24) is 0 Å². The van der Waals surface area contributed by atoms with Crippen LogP contribution in [0.1, 0.15) is 58.3 Å². The molecule has 0 amide bonds. The summed E-state index contributed by atoms with van der Waals surface area (Å²) in [5.74, 6) is 0.913. The summed E-state index contributed by atoms with van der Waals surface area (Å²) >= 11 is 0. The monoisotopic (exact) mass is 181 g/mol. The molecular weight excluding hydrogens is 156 g/mol. The highest BCUT2D eigenvalue weighted by atomic mass is 14.1. The standard InChI is InChI=1S/C13H25/c1-4-6-8-10-12-13(3)11-9-7-5-2/h4,13H,1-2,5-12H2,3H3. The van der Waals surface area contributed by atoms with Crippen LogP contribution in [0, 0.1) is 12.8 Å². The Kier molecular flexibility index (Phi) is 9.63.